The molecule has 7 rings (SSSR count). The van der Waals surface area contributed by atoms with Crippen molar-refractivity contribution in [2.24, 2.45) is 7.05 Å². The van der Waals surface area contributed by atoms with Crippen molar-refractivity contribution in [2.75, 3.05) is 24.7 Å². The predicted molar refractivity (Wildman–Crippen MR) is 154 cm³/mol. The maximum atomic E-state index is 14.6. The van der Waals surface area contributed by atoms with Crippen LogP contribution in [0, 0.1) is 6.92 Å². The van der Waals surface area contributed by atoms with E-state index in [4.69, 9.17) is 9.47 Å². The van der Waals surface area contributed by atoms with Gasteiger partial charge >= 0.3 is 0 Å². The second-order valence-electron chi connectivity index (χ2n) is 11.6. The Balaban J connectivity index is 1.25. The summed E-state index contributed by atoms with van der Waals surface area (Å²) in [5.41, 5.74) is 5.47. The minimum Gasteiger partial charge on any atom is -0.348 e. The van der Waals surface area contributed by atoms with Crippen molar-refractivity contribution < 1.29 is 18.3 Å². The van der Waals surface area contributed by atoms with E-state index in [0.29, 0.717) is 36.4 Å². The molecular formula is C32H34F2N4O3. The summed E-state index contributed by atoms with van der Waals surface area (Å²) in [5.74, 6) is -0.447. The fourth-order valence-corrected chi connectivity index (χ4v) is 6.97. The lowest BCUT2D eigenvalue weighted by atomic mass is 9.90. The number of ether oxygens (including phenoxy) is 2. The number of rotatable bonds is 4. The topological polar surface area (TPSA) is 61.5 Å². The van der Waals surface area contributed by atoms with Gasteiger partial charge in [0.1, 0.15) is 0 Å². The van der Waals surface area contributed by atoms with Crippen LogP contribution >= 0.6 is 0 Å². The minimum absolute atomic E-state index is 0.00868. The molecule has 4 aromatic rings. The minimum atomic E-state index is -2.63. The quantitative estimate of drug-likeness (QED) is 0.282. The molecule has 214 valence electrons. The molecule has 0 atom stereocenters. The fraction of sp³-hybridized carbons (Fsp3) is 0.438. The first kappa shape index (κ1) is 26.3. The molecule has 0 N–H and O–H groups in total. The first-order chi connectivity index (χ1) is 19.8. The molecule has 1 saturated carbocycles. The largest absolute Gasteiger partial charge is 0.348 e. The van der Waals surface area contributed by atoms with E-state index in [9.17, 15) is 13.6 Å². The Hall–Kier alpha value is -3.56. The first-order valence-corrected chi connectivity index (χ1v) is 14.5. The number of pyridine rings is 1. The van der Waals surface area contributed by atoms with Crippen LogP contribution in [-0.2, 0) is 22.9 Å². The van der Waals surface area contributed by atoms with Crippen LogP contribution in [0.1, 0.15) is 61.3 Å². The number of halogens is 2. The van der Waals surface area contributed by atoms with Crippen molar-refractivity contribution in [1.29, 1.82) is 0 Å². The molecular weight excluding hydrogens is 526 g/mol. The highest BCUT2D eigenvalue weighted by Gasteiger charge is 2.41. The van der Waals surface area contributed by atoms with Crippen molar-refractivity contribution in [1.82, 2.24) is 14.3 Å². The summed E-state index contributed by atoms with van der Waals surface area (Å²) in [4.78, 5) is 14.7. The number of aromatic nitrogens is 3. The Morgan fingerprint density at radius 2 is 1.85 bits per heavy atom. The van der Waals surface area contributed by atoms with Crippen LogP contribution in [0.4, 0.5) is 20.2 Å². The summed E-state index contributed by atoms with van der Waals surface area (Å²) in [7, 11) is 1.77. The second kappa shape index (κ2) is 10.1. The lowest BCUT2D eigenvalue weighted by Gasteiger charge is -2.35. The normalized spacial score (nSPS) is 19.0. The van der Waals surface area contributed by atoms with Crippen LogP contribution in [0.2, 0.25) is 0 Å². The third-order valence-corrected chi connectivity index (χ3v) is 9.14. The third-order valence-electron chi connectivity index (χ3n) is 9.14. The van der Waals surface area contributed by atoms with Crippen LogP contribution in [0.3, 0.4) is 0 Å². The lowest BCUT2D eigenvalue weighted by molar-refractivity contribution is -0.181. The molecule has 7 nitrogen and oxygen atoms in total. The van der Waals surface area contributed by atoms with Crippen molar-refractivity contribution in [2.45, 2.75) is 63.7 Å². The molecule has 1 saturated heterocycles. The number of alkyl halides is 2. The molecule has 2 aromatic carbocycles. The van der Waals surface area contributed by atoms with E-state index in [2.05, 4.69) is 10.00 Å². The molecule has 1 aliphatic carbocycles. The monoisotopic (exact) mass is 560 g/mol. The third kappa shape index (κ3) is 4.46. The molecule has 2 aromatic heterocycles. The SMILES string of the molecule is Cc1cc2c(N3CCCc4cc(-c5cnn(C6CCC7(CC6)OCCO7)c5)c(C(F)F)cc43)cccc2n(C)c1=O. The van der Waals surface area contributed by atoms with Crippen LogP contribution in [0.5, 0.6) is 0 Å². The molecule has 0 amide bonds. The number of hydrogen-bond acceptors (Lipinski definition) is 5. The summed E-state index contributed by atoms with van der Waals surface area (Å²) in [6, 6.07) is 11.6. The first-order valence-electron chi connectivity index (χ1n) is 14.5. The highest BCUT2D eigenvalue weighted by molar-refractivity contribution is 5.95. The maximum Gasteiger partial charge on any atom is 0.264 e. The highest BCUT2D eigenvalue weighted by atomic mass is 19.3. The average Bonchev–Trinajstić information content (AvgIpc) is 3.66. The van der Waals surface area contributed by atoms with Crippen LogP contribution in [0.25, 0.3) is 22.0 Å². The van der Waals surface area contributed by atoms with E-state index in [1.165, 1.54) is 0 Å². The van der Waals surface area contributed by atoms with Gasteiger partial charge in [-0.3, -0.25) is 9.48 Å². The molecule has 1 spiro atoms. The Labute approximate surface area is 237 Å². The zero-order valence-electron chi connectivity index (χ0n) is 23.4. The van der Waals surface area contributed by atoms with Crippen molar-refractivity contribution in [3.63, 3.8) is 0 Å². The van der Waals surface area contributed by atoms with Gasteiger partial charge in [-0.2, -0.15) is 5.10 Å². The van der Waals surface area contributed by atoms with E-state index < -0.39 is 12.2 Å². The van der Waals surface area contributed by atoms with Crippen molar-refractivity contribution in [3.8, 4) is 11.1 Å². The Morgan fingerprint density at radius 1 is 1.07 bits per heavy atom. The highest BCUT2D eigenvalue weighted by Crippen LogP contribution is 2.44. The van der Waals surface area contributed by atoms with Gasteiger partial charge in [0, 0.05) is 60.4 Å². The van der Waals surface area contributed by atoms with E-state index >= 15 is 0 Å². The van der Waals surface area contributed by atoms with Gasteiger partial charge in [0.25, 0.3) is 12.0 Å². The Bertz CT molecular complexity index is 1680. The molecule has 3 aliphatic rings. The van der Waals surface area contributed by atoms with Crippen molar-refractivity contribution in [3.05, 3.63) is 75.8 Å². The molecule has 4 heterocycles. The lowest BCUT2D eigenvalue weighted by Crippen LogP contribution is -2.35. The van der Waals surface area contributed by atoms with Crippen LogP contribution in [-0.4, -0.2) is 39.9 Å². The molecule has 0 unspecified atom stereocenters. The second-order valence-corrected chi connectivity index (χ2v) is 11.6. The van der Waals surface area contributed by atoms with Gasteiger partial charge in [-0.1, -0.05) is 6.07 Å². The van der Waals surface area contributed by atoms with Gasteiger partial charge in [-0.05, 0) is 74.1 Å². The molecule has 9 heteroatoms. The summed E-state index contributed by atoms with van der Waals surface area (Å²) < 4.78 is 44.6. The number of aryl methyl sites for hydroxylation is 3. The van der Waals surface area contributed by atoms with Crippen LogP contribution < -0.4 is 10.5 Å². The Morgan fingerprint density at radius 3 is 2.61 bits per heavy atom. The van der Waals surface area contributed by atoms with Gasteiger partial charge < -0.3 is 18.9 Å². The Kier molecular flexibility index (Phi) is 6.47. The number of anilines is 2. The predicted octanol–water partition coefficient (Wildman–Crippen LogP) is 6.59. The zero-order valence-corrected chi connectivity index (χ0v) is 23.4. The van der Waals surface area contributed by atoms with Gasteiger partial charge in [0.2, 0.25) is 0 Å². The number of fused-ring (bicyclic) bond motifs is 2. The van der Waals surface area contributed by atoms with E-state index in [1.54, 1.807) is 23.9 Å². The maximum absolute atomic E-state index is 14.6. The van der Waals surface area contributed by atoms with E-state index in [1.807, 2.05) is 48.1 Å². The molecule has 2 aliphatic heterocycles. The molecule has 41 heavy (non-hydrogen) atoms. The number of hydrogen-bond donors (Lipinski definition) is 0. The summed E-state index contributed by atoms with van der Waals surface area (Å²) in [6.45, 7) is 3.81. The van der Waals surface area contributed by atoms with Gasteiger partial charge in [0.05, 0.1) is 36.7 Å². The molecule has 0 radical (unpaired) electrons. The number of benzene rings is 2. The standard InChI is InChI=1S/C32H34F2N4O3/c1-20-15-26-27(36(2)31(20)39)6-3-7-28(26)37-12-4-5-21-16-24(25(30(33)34)17-29(21)37)22-18-35-38(19-22)23-8-10-32(11-9-23)40-13-14-41-32/h3,6-7,15-19,23,30H,4-5,8-14H2,1-2H3. The smallest absolute Gasteiger partial charge is 0.264 e. The average molecular weight is 561 g/mol. The zero-order chi connectivity index (χ0) is 28.3. The van der Waals surface area contributed by atoms with E-state index in [0.717, 1.165) is 66.4 Å². The molecule has 2 fully saturated rings. The summed E-state index contributed by atoms with van der Waals surface area (Å²) in [5, 5.41) is 5.55. The molecule has 0 bridgehead atoms. The summed E-state index contributed by atoms with van der Waals surface area (Å²) >= 11 is 0. The summed E-state index contributed by atoms with van der Waals surface area (Å²) in [6.07, 6.45) is 6.08. The fourth-order valence-electron chi connectivity index (χ4n) is 6.97. The van der Waals surface area contributed by atoms with Gasteiger partial charge in [0.15, 0.2) is 5.79 Å². The van der Waals surface area contributed by atoms with Crippen molar-refractivity contribution >= 4 is 22.3 Å². The van der Waals surface area contributed by atoms with Gasteiger partial charge in [-0.15, -0.1) is 0 Å². The number of nitrogens with zero attached hydrogens (tertiary/aromatic N) is 4. The van der Waals surface area contributed by atoms with Gasteiger partial charge in [-0.25, -0.2) is 8.78 Å². The van der Waals surface area contributed by atoms with E-state index in [-0.39, 0.29) is 17.2 Å². The van der Waals surface area contributed by atoms with Crippen LogP contribution in [0.15, 0.2) is 53.6 Å².